The number of halogens is 1. The van der Waals surface area contributed by atoms with Crippen LogP contribution in [0.25, 0.3) is 0 Å². The summed E-state index contributed by atoms with van der Waals surface area (Å²) in [6.45, 7) is 0. The highest BCUT2D eigenvalue weighted by Crippen LogP contribution is 2.43. The third-order valence-corrected chi connectivity index (χ3v) is 6.03. The molecule has 120 valence electrons. The number of benzene rings is 1. The quantitative estimate of drug-likeness (QED) is 0.819. The van der Waals surface area contributed by atoms with Crippen LogP contribution >= 0.6 is 11.3 Å². The first-order valence-corrected chi connectivity index (χ1v) is 9.22. The van der Waals surface area contributed by atoms with Gasteiger partial charge in [0, 0.05) is 12.1 Å². The molecular weight excluding hydrogens is 309 g/mol. The number of hydrogen-bond donors (Lipinski definition) is 0. The average molecular weight is 329 g/mol. The first kappa shape index (κ1) is 14.9. The number of fused-ring (bicyclic) bond motifs is 2. The Hall–Kier alpha value is -1.68. The van der Waals surface area contributed by atoms with Gasteiger partial charge in [-0.05, 0) is 71.7 Å². The zero-order valence-corrected chi connectivity index (χ0v) is 13.8. The zero-order chi connectivity index (χ0) is 15.8. The molecule has 4 rings (SSSR count). The lowest BCUT2D eigenvalue weighted by atomic mass is 9.85. The van der Waals surface area contributed by atoms with E-state index in [1.54, 1.807) is 23.5 Å². The molecule has 2 aliphatic heterocycles. The number of rotatable bonds is 3. The molecular formula is C19H20FNOS. The molecule has 2 aliphatic rings. The van der Waals surface area contributed by atoms with E-state index in [2.05, 4.69) is 10.3 Å². The van der Waals surface area contributed by atoms with Gasteiger partial charge < -0.3 is 4.90 Å². The highest BCUT2D eigenvalue weighted by molar-refractivity contribution is 7.08. The Morgan fingerprint density at radius 3 is 2.43 bits per heavy atom. The molecule has 0 unspecified atom stereocenters. The lowest BCUT2D eigenvalue weighted by Gasteiger charge is -2.39. The summed E-state index contributed by atoms with van der Waals surface area (Å²) in [5, 5.41) is 4.09. The van der Waals surface area contributed by atoms with Crippen molar-refractivity contribution < 1.29 is 9.18 Å². The molecule has 3 heterocycles. The topological polar surface area (TPSA) is 20.3 Å². The van der Waals surface area contributed by atoms with Crippen molar-refractivity contribution in [1.82, 2.24) is 4.90 Å². The van der Waals surface area contributed by atoms with Crippen LogP contribution in [-0.2, 0) is 11.2 Å². The molecule has 2 nitrogen and oxygen atoms in total. The lowest BCUT2D eigenvalue weighted by Crippen LogP contribution is -2.46. The first-order chi connectivity index (χ1) is 11.2. The molecule has 1 amide bonds. The average Bonchev–Trinajstić information content (AvgIpc) is 3.14. The van der Waals surface area contributed by atoms with Crippen LogP contribution in [0.3, 0.4) is 0 Å². The summed E-state index contributed by atoms with van der Waals surface area (Å²) in [6.07, 6.45) is 4.77. The van der Waals surface area contributed by atoms with Crippen LogP contribution < -0.4 is 0 Å². The van der Waals surface area contributed by atoms with E-state index in [0.717, 1.165) is 31.2 Å². The fourth-order valence-electron chi connectivity index (χ4n) is 4.25. The van der Waals surface area contributed by atoms with Crippen molar-refractivity contribution in [1.29, 1.82) is 0 Å². The number of carbonyl (C=O) groups excluding carboxylic acids is 1. The Morgan fingerprint density at radius 2 is 1.83 bits per heavy atom. The first-order valence-electron chi connectivity index (χ1n) is 8.28. The molecule has 0 aliphatic carbocycles. The van der Waals surface area contributed by atoms with Crippen molar-refractivity contribution >= 4 is 17.2 Å². The van der Waals surface area contributed by atoms with Gasteiger partial charge in [-0.1, -0.05) is 12.1 Å². The Labute approximate surface area is 139 Å². The highest BCUT2D eigenvalue weighted by Gasteiger charge is 2.43. The van der Waals surface area contributed by atoms with E-state index in [9.17, 15) is 9.18 Å². The number of carbonyl (C=O) groups is 1. The molecule has 2 bridgehead atoms. The van der Waals surface area contributed by atoms with E-state index in [-0.39, 0.29) is 11.7 Å². The van der Waals surface area contributed by atoms with Gasteiger partial charge in [-0.15, -0.1) is 0 Å². The van der Waals surface area contributed by atoms with Gasteiger partial charge in [-0.25, -0.2) is 4.39 Å². The summed E-state index contributed by atoms with van der Waals surface area (Å²) in [5.41, 5.74) is 2.34. The van der Waals surface area contributed by atoms with Crippen LogP contribution in [0.5, 0.6) is 0 Å². The largest absolute Gasteiger partial charge is 0.336 e. The van der Waals surface area contributed by atoms with E-state index in [0.29, 0.717) is 24.4 Å². The van der Waals surface area contributed by atoms with Crippen LogP contribution in [0, 0.1) is 5.82 Å². The molecule has 4 heteroatoms. The van der Waals surface area contributed by atoms with Crippen LogP contribution in [-0.4, -0.2) is 22.9 Å². The van der Waals surface area contributed by atoms with Crippen LogP contribution in [0.1, 0.15) is 42.7 Å². The SMILES string of the molecule is O=C(Cc1ccsc1)N1[C@H]2CC[C@H]1CC(c1ccc(F)cc1)C2. The van der Waals surface area contributed by atoms with Gasteiger partial charge in [0.2, 0.25) is 5.91 Å². The summed E-state index contributed by atoms with van der Waals surface area (Å²) >= 11 is 1.64. The summed E-state index contributed by atoms with van der Waals surface area (Å²) in [5.74, 6) is 0.548. The summed E-state index contributed by atoms with van der Waals surface area (Å²) in [6, 6.07) is 9.65. The normalized spacial score (nSPS) is 26.5. The minimum absolute atomic E-state index is 0.180. The Kier molecular flexibility index (Phi) is 3.93. The predicted octanol–water partition coefficient (Wildman–Crippen LogP) is 4.37. The molecule has 2 aromatic rings. The Morgan fingerprint density at radius 1 is 1.13 bits per heavy atom. The van der Waals surface area contributed by atoms with Gasteiger partial charge in [0.05, 0.1) is 6.42 Å². The van der Waals surface area contributed by atoms with Gasteiger partial charge in [-0.2, -0.15) is 11.3 Å². The summed E-state index contributed by atoms with van der Waals surface area (Å²) in [4.78, 5) is 14.8. The second-order valence-corrected chi connectivity index (χ2v) is 7.49. The summed E-state index contributed by atoms with van der Waals surface area (Å²) < 4.78 is 13.1. The lowest BCUT2D eigenvalue weighted by molar-refractivity contribution is -0.135. The molecule has 0 radical (unpaired) electrons. The third kappa shape index (κ3) is 2.92. The molecule has 2 saturated heterocycles. The van der Waals surface area contributed by atoms with Crippen molar-refractivity contribution in [3.8, 4) is 0 Å². The maximum atomic E-state index is 13.1. The maximum Gasteiger partial charge on any atom is 0.227 e. The molecule has 1 aromatic carbocycles. The number of thiophene rings is 1. The van der Waals surface area contributed by atoms with E-state index < -0.39 is 0 Å². The van der Waals surface area contributed by atoms with Crippen molar-refractivity contribution in [2.45, 2.75) is 50.1 Å². The minimum atomic E-state index is -0.180. The molecule has 2 fully saturated rings. The predicted molar refractivity (Wildman–Crippen MR) is 90.1 cm³/mol. The zero-order valence-electron chi connectivity index (χ0n) is 13.0. The van der Waals surface area contributed by atoms with Crippen LogP contribution in [0.4, 0.5) is 4.39 Å². The van der Waals surface area contributed by atoms with Crippen LogP contribution in [0.15, 0.2) is 41.1 Å². The number of amides is 1. The number of piperidine rings is 1. The smallest absolute Gasteiger partial charge is 0.227 e. The standard InChI is InChI=1S/C19H20FNOS/c20-16-3-1-14(2-4-16)15-10-17-5-6-18(11-15)21(17)19(22)9-13-7-8-23-12-13/h1-4,7-8,12,15,17-18H,5-6,9-11H2/t17-,18-/m0/s1. The van der Waals surface area contributed by atoms with Crippen LogP contribution in [0.2, 0.25) is 0 Å². The molecule has 2 atom stereocenters. The number of nitrogens with zero attached hydrogens (tertiary/aromatic N) is 1. The van der Waals surface area contributed by atoms with Gasteiger partial charge in [-0.3, -0.25) is 4.79 Å². The fourth-order valence-corrected chi connectivity index (χ4v) is 4.92. The van der Waals surface area contributed by atoms with Crippen molar-refractivity contribution in [3.63, 3.8) is 0 Å². The van der Waals surface area contributed by atoms with E-state index in [4.69, 9.17) is 0 Å². The molecule has 23 heavy (non-hydrogen) atoms. The van der Waals surface area contributed by atoms with Gasteiger partial charge in [0.15, 0.2) is 0 Å². The van der Waals surface area contributed by atoms with Gasteiger partial charge >= 0.3 is 0 Å². The second-order valence-electron chi connectivity index (χ2n) is 6.71. The Bertz CT molecular complexity index is 668. The van der Waals surface area contributed by atoms with E-state index in [1.807, 2.05) is 23.6 Å². The van der Waals surface area contributed by atoms with Gasteiger partial charge in [0.25, 0.3) is 0 Å². The van der Waals surface area contributed by atoms with E-state index in [1.165, 1.54) is 5.56 Å². The fraction of sp³-hybridized carbons (Fsp3) is 0.421. The second kappa shape index (κ2) is 6.08. The Balaban J connectivity index is 1.47. The third-order valence-electron chi connectivity index (χ3n) is 5.30. The van der Waals surface area contributed by atoms with Crippen molar-refractivity contribution in [2.24, 2.45) is 0 Å². The van der Waals surface area contributed by atoms with E-state index >= 15 is 0 Å². The van der Waals surface area contributed by atoms with Gasteiger partial charge in [0.1, 0.15) is 5.82 Å². The monoisotopic (exact) mass is 329 g/mol. The molecule has 0 N–H and O–H groups in total. The number of hydrogen-bond acceptors (Lipinski definition) is 2. The van der Waals surface area contributed by atoms with Crippen molar-refractivity contribution in [2.75, 3.05) is 0 Å². The van der Waals surface area contributed by atoms with Crippen molar-refractivity contribution in [3.05, 3.63) is 58.0 Å². The highest BCUT2D eigenvalue weighted by atomic mass is 32.1. The molecule has 0 saturated carbocycles. The maximum absolute atomic E-state index is 13.1. The minimum Gasteiger partial charge on any atom is -0.336 e. The molecule has 0 spiro atoms. The summed E-state index contributed by atoms with van der Waals surface area (Å²) in [7, 11) is 0. The molecule has 1 aromatic heterocycles.